The van der Waals surface area contributed by atoms with Crippen LogP contribution in [0.1, 0.15) is 40.0 Å². The molecule has 5 heteroatoms. The Balaban J connectivity index is 2.75. The molecule has 0 spiro atoms. The summed E-state index contributed by atoms with van der Waals surface area (Å²) in [6.07, 6.45) is 3.01. The number of rotatable bonds is 5. The van der Waals surface area contributed by atoms with E-state index in [4.69, 9.17) is 4.74 Å². The topological polar surface area (TPSA) is 60.4 Å². The van der Waals surface area contributed by atoms with Gasteiger partial charge in [-0.05, 0) is 39.5 Å². The normalized spacial score (nSPS) is 17.9. The van der Waals surface area contributed by atoms with Crippen LogP contribution in [0.2, 0.25) is 0 Å². The summed E-state index contributed by atoms with van der Waals surface area (Å²) < 4.78 is 27.5. The smallest absolute Gasteiger partial charge is 0.326 e. The first-order valence-corrected chi connectivity index (χ1v) is 7.36. The fourth-order valence-corrected chi connectivity index (χ4v) is 3.29. The van der Waals surface area contributed by atoms with Crippen LogP contribution < -0.4 is 0 Å². The molecule has 1 saturated carbocycles. The maximum absolute atomic E-state index is 12.1. The van der Waals surface area contributed by atoms with E-state index in [0.717, 1.165) is 19.3 Å². The van der Waals surface area contributed by atoms with Gasteiger partial charge in [0.05, 0.1) is 12.4 Å². The maximum Gasteiger partial charge on any atom is 0.326 e. The number of carbonyl (C=O) groups is 1. The molecular weight excluding hydrogens is 228 g/mol. The van der Waals surface area contributed by atoms with Gasteiger partial charge in [-0.2, -0.15) is 0 Å². The first-order chi connectivity index (χ1) is 7.31. The molecule has 0 aliphatic heterocycles. The number of esters is 1. The molecule has 0 amide bonds. The largest absolute Gasteiger partial charge is 0.465 e. The molecule has 1 fully saturated rings. The first kappa shape index (κ1) is 13.5. The van der Waals surface area contributed by atoms with Crippen LogP contribution in [-0.2, 0) is 19.4 Å². The van der Waals surface area contributed by atoms with Crippen LogP contribution in [0.5, 0.6) is 0 Å². The molecule has 0 heterocycles. The zero-order valence-electron chi connectivity index (χ0n) is 10.2. The van der Waals surface area contributed by atoms with E-state index in [1.165, 1.54) is 13.8 Å². The molecule has 4 nitrogen and oxygen atoms in total. The molecular formula is C11H20O4S. The summed E-state index contributed by atoms with van der Waals surface area (Å²) in [4.78, 5) is 11.6. The molecule has 0 aromatic carbocycles. The second-order valence-corrected chi connectivity index (χ2v) is 7.39. The van der Waals surface area contributed by atoms with Gasteiger partial charge in [0, 0.05) is 0 Å². The van der Waals surface area contributed by atoms with E-state index in [9.17, 15) is 13.2 Å². The van der Waals surface area contributed by atoms with Crippen molar-refractivity contribution >= 4 is 15.8 Å². The second kappa shape index (κ2) is 4.73. The zero-order chi connectivity index (χ0) is 12.4. The summed E-state index contributed by atoms with van der Waals surface area (Å²) in [6.45, 7) is 4.74. The summed E-state index contributed by atoms with van der Waals surface area (Å²) >= 11 is 0. The average Bonchev–Trinajstić information content (AvgIpc) is 2.12. The maximum atomic E-state index is 12.1. The van der Waals surface area contributed by atoms with Crippen LogP contribution in [-0.4, -0.2) is 31.5 Å². The molecule has 0 unspecified atom stereocenters. The summed E-state index contributed by atoms with van der Waals surface area (Å²) in [5.41, 5.74) is 0. The minimum atomic E-state index is -3.42. The van der Waals surface area contributed by atoms with Crippen molar-refractivity contribution in [1.82, 2.24) is 0 Å². The van der Waals surface area contributed by atoms with Gasteiger partial charge in [0.25, 0.3) is 0 Å². The van der Waals surface area contributed by atoms with Gasteiger partial charge in [0.2, 0.25) is 0 Å². The second-order valence-electron chi connectivity index (χ2n) is 4.81. The lowest BCUT2D eigenvalue weighted by Crippen LogP contribution is -2.45. The van der Waals surface area contributed by atoms with Gasteiger partial charge in [0.15, 0.2) is 14.6 Å². The highest BCUT2D eigenvalue weighted by Gasteiger charge is 2.44. The fraction of sp³-hybridized carbons (Fsp3) is 0.909. The van der Waals surface area contributed by atoms with Gasteiger partial charge < -0.3 is 4.74 Å². The van der Waals surface area contributed by atoms with Crippen molar-refractivity contribution in [2.75, 3.05) is 12.4 Å². The molecule has 0 saturated heterocycles. The van der Waals surface area contributed by atoms with Gasteiger partial charge in [-0.1, -0.05) is 6.42 Å². The molecule has 0 aromatic rings. The molecule has 1 rings (SSSR count). The van der Waals surface area contributed by atoms with Crippen molar-refractivity contribution in [1.29, 1.82) is 0 Å². The third-order valence-corrected chi connectivity index (χ3v) is 5.86. The number of carbonyl (C=O) groups excluding carboxylic acids is 1. The van der Waals surface area contributed by atoms with Crippen LogP contribution in [0.4, 0.5) is 0 Å². The van der Waals surface area contributed by atoms with Crippen LogP contribution >= 0.6 is 0 Å². The van der Waals surface area contributed by atoms with E-state index >= 15 is 0 Å². The van der Waals surface area contributed by atoms with Crippen molar-refractivity contribution in [3.05, 3.63) is 0 Å². The lowest BCUT2D eigenvalue weighted by Gasteiger charge is -2.29. The molecule has 94 valence electrons. The lowest BCUT2D eigenvalue weighted by atomic mass is 9.87. The van der Waals surface area contributed by atoms with Gasteiger partial charge in [0.1, 0.15) is 0 Å². The predicted molar refractivity (Wildman–Crippen MR) is 61.8 cm³/mol. The third-order valence-electron chi connectivity index (χ3n) is 3.22. The Morgan fingerprint density at radius 2 is 1.94 bits per heavy atom. The van der Waals surface area contributed by atoms with Crippen LogP contribution in [0.25, 0.3) is 0 Å². The third kappa shape index (κ3) is 2.56. The monoisotopic (exact) mass is 248 g/mol. The van der Waals surface area contributed by atoms with Gasteiger partial charge >= 0.3 is 5.97 Å². The zero-order valence-corrected chi connectivity index (χ0v) is 11.0. The molecule has 0 radical (unpaired) electrons. The van der Waals surface area contributed by atoms with Crippen molar-refractivity contribution < 1.29 is 17.9 Å². The Morgan fingerprint density at radius 1 is 1.38 bits per heavy atom. The van der Waals surface area contributed by atoms with Crippen molar-refractivity contribution in [2.45, 2.75) is 44.8 Å². The quantitative estimate of drug-likeness (QED) is 0.692. The van der Waals surface area contributed by atoms with Gasteiger partial charge in [-0.15, -0.1) is 0 Å². The highest BCUT2D eigenvalue weighted by atomic mass is 32.2. The van der Waals surface area contributed by atoms with Crippen LogP contribution in [0, 0.1) is 5.92 Å². The average molecular weight is 248 g/mol. The van der Waals surface area contributed by atoms with E-state index in [1.54, 1.807) is 6.92 Å². The molecule has 16 heavy (non-hydrogen) atoms. The standard InChI is InChI=1S/C11H20O4S/c1-4-15-10(12)11(2,3)16(13,14)8-9-6-5-7-9/h9H,4-8H2,1-3H3. The Kier molecular flexibility index (Phi) is 3.99. The Morgan fingerprint density at radius 3 is 2.31 bits per heavy atom. The summed E-state index contributed by atoms with van der Waals surface area (Å²) in [5, 5.41) is 0. The summed E-state index contributed by atoms with van der Waals surface area (Å²) in [5.74, 6) is -0.299. The summed E-state index contributed by atoms with van der Waals surface area (Å²) in [6, 6.07) is 0. The molecule has 1 aliphatic rings. The van der Waals surface area contributed by atoms with E-state index < -0.39 is 20.6 Å². The Bertz CT molecular complexity index is 352. The molecule has 0 aromatic heterocycles. The molecule has 1 aliphatic carbocycles. The minimum Gasteiger partial charge on any atom is -0.465 e. The van der Waals surface area contributed by atoms with E-state index in [1.807, 2.05) is 0 Å². The summed E-state index contributed by atoms with van der Waals surface area (Å²) in [7, 11) is -3.42. The number of ether oxygens (including phenoxy) is 1. The number of hydrogen-bond donors (Lipinski definition) is 0. The van der Waals surface area contributed by atoms with E-state index in [2.05, 4.69) is 0 Å². The van der Waals surface area contributed by atoms with Gasteiger partial charge in [-0.3, -0.25) is 4.79 Å². The predicted octanol–water partition coefficient (Wildman–Crippen LogP) is 1.54. The number of sulfone groups is 1. The van der Waals surface area contributed by atoms with Crippen molar-refractivity contribution in [2.24, 2.45) is 5.92 Å². The molecule has 0 atom stereocenters. The van der Waals surface area contributed by atoms with Crippen LogP contribution in [0.3, 0.4) is 0 Å². The first-order valence-electron chi connectivity index (χ1n) is 5.70. The number of hydrogen-bond acceptors (Lipinski definition) is 4. The SMILES string of the molecule is CCOC(=O)C(C)(C)S(=O)(=O)CC1CCC1. The molecule has 0 N–H and O–H groups in total. The van der Waals surface area contributed by atoms with Crippen molar-refractivity contribution in [3.8, 4) is 0 Å². The Labute approximate surface area is 97.3 Å². The fourth-order valence-electron chi connectivity index (χ4n) is 1.61. The minimum absolute atomic E-state index is 0.110. The van der Waals surface area contributed by atoms with Gasteiger partial charge in [-0.25, -0.2) is 8.42 Å². The highest BCUT2D eigenvalue weighted by Crippen LogP contribution is 2.31. The molecule has 0 bridgehead atoms. The Hall–Kier alpha value is -0.580. The lowest BCUT2D eigenvalue weighted by molar-refractivity contribution is -0.145. The van der Waals surface area contributed by atoms with Crippen LogP contribution in [0.15, 0.2) is 0 Å². The highest BCUT2D eigenvalue weighted by molar-refractivity contribution is 7.93. The van der Waals surface area contributed by atoms with E-state index in [0.29, 0.717) is 0 Å². The van der Waals surface area contributed by atoms with E-state index in [-0.39, 0.29) is 18.3 Å². The van der Waals surface area contributed by atoms with Crippen molar-refractivity contribution in [3.63, 3.8) is 0 Å².